The van der Waals surface area contributed by atoms with Gasteiger partial charge in [0.05, 0.1) is 0 Å². The molecule has 1 aromatic heterocycles. The summed E-state index contributed by atoms with van der Waals surface area (Å²) < 4.78 is 6.79. The number of rotatable bonds is 2. The highest BCUT2D eigenvalue weighted by atomic mass is 16.3. The third-order valence-corrected chi connectivity index (χ3v) is 11.7. The van der Waals surface area contributed by atoms with E-state index in [2.05, 4.69) is 159 Å². The fourth-order valence-corrected chi connectivity index (χ4v) is 9.46. The highest BCUT2D eigenvalue weighted by Crippen LogP contribution is 2.57. The summed E-state index contributed by atoms with van der Waals surface area (Å²) in [7, 11) is 0. The maximum absolute atomic E-state index is 6.79. The summed E-state index contributed by atoms with van der Waals surface area (Å²) in [5.41, 5.74) is 14.9. The molecule has 1 heteroatoms. The second kappa shape index (κ2) is 10.1. The minimum absolute atomic E-state index is 0.227. The van der Waals surface area contributed by atoms with Crippen LogP contribution in [-0.2, 0) is 11.8 Å². The molecule has 0 unspecified atom stereocenters. The number of fused-ring (bicyclic) bond motifs is 13. The Morgan fingerprint density at radius 1 is 0.540 bits per heavy atom. The molecule has 11 rings (SSSR count). The fraction of sp³-hybridized carbons (Fsp3) is 0.102. The van der Waals surface area contributed by atoms with Gasteiger partial charge in [-0.05, 0) is 107 Å². The summed E-state index contributed by atoms with van der Waals surface area (Å²) in [5.74, 6) is 0. The standard InChI is InChI=1S/C49H34O/c1-49(2)41-26-25-32(28-40(41)45-37-19-9-10-20-38(37)46-39-21-11-12-22-42(39)50-48(46)47(45)49)44-35-17-7-5-15-33(35)43(34-16-6-8-18-36(34)44)31-24-23-29-13-3-4-14-30(29)27-31/h3,5-13,15-28H,4,14H2,1-2H3. The molecule has 0 amide bonds. The lowest BCUT2D eigenvalue weighted by molar-refractivity contribution is 0.620. The van der Waals surface area contributed by atoms with Crippen molar-refractivity contribution in [2.75, 3.05) is 0 Å². The molecular weight excluding hydrogens is 605 g/mol. The number of para-hydroxylation sites is 1. The van der Waals surface area contributed by atoms with Crippen LogP contribution in [-0.4, -0.2) is 0 Å². The Morgan fingerprint density at radius 3 is 1.78 bits per heavy atom. The Balaban J connectivity index is 1.22. The SMILES string of the molecule is CC1(C)c2ccc(-c3c4ccccc4c(-c4ccc5c(c4)CCC=C5)c4ccccc34)cc2-c2c1c1oc3ccccc3c1c1ccccc21. The van der Waals surface area contributed by atoms with E-state index in [-0.39, 0.29) is 5.41 Å². The molecular formula is C49H34O. The van der Waals surface area contributed by atoms with Crippen LogP contribution >= 0.6 is 0 Å². The van der Waals surface area contributed by atoms with Crippen molar-refractivity contribution in [1.82, 2.24) is 0 Å². The van der Waals surface area contributed by atoms with E-state index in [1.165, 1.54) is 98.7 Å². The molecule has 0 radical (unpaired) electrons. The van der Waals surface area contributed by atoms with Gasteiger partial charge in [0.2, 0.25) is 0 Å². The zero-order valence-corrected chi connectivity index (χ0v) is 28.2. The van der Waals surface area contributed by atoms with Crippen LogP contribution in [0.5, 0.6) is 0 Å². The number of furan rings is 1. The van der Waals surface area contributed by atoms with Gasteiger partial charge in [0.25, 0.3) is 0 Å². The average Bonchev–Trinajstić information content (AvgIpc) is 3.66. The number of benzene rings is 8. The van der Waals surface area contributed by atoms with Crippen LogP contribution in [0.4, 0.5) is 0 Å². The van der Waals surface area contributed by atoms with Crippen LogP contribution < -0.4 is 0 Å². The zero-order valence-electron chi connectivity index (χ0n) is 28.2. The van der Waals surface area contributed by atoms with Gasteiger partial charge in [-0.25, -0.2) is 0 Å². The molecule has 0 bridgehead atoms. The predicted molar refractivity (Wildman–Crippen MR) is 212 cm³/mol. The molecule has 1 heterocycles. The van der Waals surface area contributed by atoms with Gasteiger partial charge in [0.1, 0.15) is 11.2 Å². The monoisotopic (exact) mass is 638 g/mol. The van der Waals surface area contributed by atoms with E-state index in [1.54, 1.807) is 0 Å². The predicted octanol–water partition coefficient (Wildman–Crippen LogP) is 13.6. The van der Waals surface area contributed by atoms with Gasteiger partial charge in [-0.1, -0.05) is 147 Å². The largest absolute Gasteiger partial charge is 0.456 e. The summed E-state index contributed by atoms with van der Waals surface area (Å²) in [6.45, 7) is 4.74. The van der Waals surface area contributed by atoms with Crippen molar-refractivity contribution in [3.63, 3.8) is 0 Å². The first kappa shape index (κ1) is 28.0. The van der Waals surface area contributed by atoms with Gasteiger partial charge in [-0.3, -0.25) is 0 Å². The summed E-state index contributed by atoms with van der Waals surface area (Å²) in [4.78, 5) is 0. The molecule has 2 aliphatic rings. The Labute approximate surface area is 291 Å². The Kier molecular flexibility index (Phi) is 5.63. The van der Waals surface area contributed by atoms with Crippen molar-refractivity contribution in [1.29, 1.82) is 0 Å². The van der Waals surface area contributed by atoms with Crippen LogP contribution in [0.1, 0.15) is 42.5 Å². The van der Waals surface area contributed by atoms with Gasteiger partial charge in [0.15, 0.2) is 0 Å². The van der Waals surface area contributed by atoms with E-state index >= 15 is 0 Å². The Bertz CT molecular complexity index is 2890. The molecule has 0 atom stereocenters. The van der Waals surface area contributed by atoms with Gasteiger partial charge in [-0.2, -0.15) is 0 Å². The fourth-order valence-electron chi connectivity index (χ4n) is 9.46. The number of aryl methyl sites for hydroxylation is 1. The minimum Gasteiger partial charge on any atom is -0.456 e. The molecule has 2 aliphatic carbocycles. The molecule has 1 nitrogen and oxygen atoms in total. The first-order valence-electron chi connectivity index (χ1n) is 17.8. The van der Waals surface area contributed by atoms with E-state index in [9.17, 15) is 0 Å². The molecule has 0 saturated heterocycles. The minimum atomic E-state index is -0.227. The summed E-state index contributed by atoms with van der Waals surface area (Å²) in [6, 6.07) is 49.8. The molecule has 0 N–H and O–H groups in total. The third kappa shape index (κ3) is 3.67. The van der Waals surface area contributed by atoms with Crippen molar-refractivity contribution in [2.45, 2.75) is 32.1 Å². The topological polar surface area (TPSA) is 13.1 Å². The Morgan fingerprint density at radius 2 is 1.10 bits per heavy atom. The molecule has 0 spiro atoms. The second-order valence-corrected chi connectivity index (χ2v) is 14.7. The van der Waals surface area contributed by atoms with Gasteiger partial charge in [0, 0.05) is 21.8 Å². The lowest BCUT2D eigenvalue weighted by atomic mass is 9.80. The van der Waals surface area contributed by atoms with Gasteiger partial charge < -0.3 is 4.42 Å². The van der Waals surface area contributed by atoms with E-state index < -0.39 is 0 Å². The highest BCUT2D eigenvalue weighted by molar-refractivity contribution is 6.26. The molecule has 0 aliphatic heterocycles. The van der Waals surface area contributed by atoms with Crippen molar-refractivity contribution in [3.05, 3.63) is 162 Å². The van der Waals surface area contributed by atoms with E-state index in [4.69, 9.17) is 4.42 Å². The van der Waals surface area contributed by atoms with Crippen molar-refractivity contribution in [3.8, 4) is 33.4 Å². The summed E-state index contributed by atoms with van der Waals surface area (Å²) >= 11 is 0. The normalized spacial score (nSPS) is 14.5. The van der Waals surface area contributed by atoms with Crippen molar-refractivity contribution < 1.29 is 4.42 Å². The number of allylic oxidation sites excluding steroid dienone is 1. The van der Waals surface area contributed by atoms with E-state index in [0.717, 1.165) is 24.0 Å². The van der Waals surface area contributed by atoms with Crippen LogP contribution in [0.3, 0.4) is 0 Å². The van der Waals surface area contributed by atoms with E-state index in [1.807, 2.05) is 0 Å². The Hall–Kier alpha value is -5.92. The van der Waals surface area contributed by atoms with Gasteiger partial charge >= 0.3 is 0 Å². The number of hydrogen-bond acceptors (Lipinski definition) is 1. The molecule has 0 fully saturated rings. The first-order valence-corrected chi connectivity index (χ1v) is 17.8. The smallest absolute Gasteiger partial charge is 0.140 e. The molecule has 50 heavy (non-hydrogen) atoms. The highest BCUT2D eigenvalue weighted by Gasteiger charge is 2.40. The number of hydrogen-bond donors (Lipinski definition) is 0. The molecule has 236 valence electrons. The quantitative estimate of drug-likeness (QED) is 0.172. The van der Waals surface area contributed by atoms with Crippen LogP contribution in [0.25, 0.3) is 93.7 Å². The maximum Gasteiger partial charge on any atom is 0.140 e. The first-order chi connectivity index (χ1) is 24.6. The zero-order chi connectivity index (χ0) is 33.1. The maximum atomic E-state index is 6.79. The lowest BCUT2D eigenvalue weighted by Crippen LogP contribution is -2.15. The van der Waals surface area contributed by atoms with Crippen molar-refractivity contribution in [2.24, 2.45) is 0 Å². The average molecular weight is 639 g/mol. The van der Waals surface area contributed by atoms with Crippen LogP contribution in [0.2, 0.25) is 0 Å². The van der Waals surface area contributed by atoms with Crippen LogP contribution in [0.15, 0.2) is 144 Å². The van der Waals surface area contributed by atoms with Crippen LogP contribution in [0, 0.1) is 0 Å². The summed E-state index contributed by atoms with van der Waals surface area (Å²) in [5, 5.41) is 10.1. The molecule has 0 saturated carbocycles. The molecule has 9 aromatic rings. The summed E-state index contributed by atoms with van der Waals surface area (Å²) in [6.07, 6.45) is 6.76. The second-order valence-electron chi connectivity index (χ2n) is 14.7. The van der Waals surface area contributed by atoms with Crippen molar-refractivity contribution >= 4 is 60.3 Å². The third-order valence-electron chi connectivity index (χ3n) is 11.7. The van der Waals surface area contributed by atoms with Gasteiger partial charge in [-0.15, -0.1) is 0 Å². The van der Waals surface area contributed by atoms with E-state index in [0.29, 0.717) is 0 Å². The molecule has 8 aromatic carbocycles. The lowest BCUT2D eigenvalue weighted by Gasteiger charge is -2.22.